The van der Waals surface area contributed by atoms with Gasteiger partial charge in [0.1, 0.15) is 0 Å². The van der Waals surface area contributed by atoms with Crippen molar-refractivity contribution in [3.63, 3.8) is 0 Å². The van der Waals surface area contributed by atoms with Crippen molar-refractivity contribution < 1.29 is 14.3 Å². The van der Waals surface area contributed by atoms with E-state index in [1.165, 1.54) is 6.42 Å². The third-order valence-electron chi connectivity index (χ3n) is 4.10. The van der Waals surface area contributed by atoms with Crippen molar-refractivity contribution in [2.45, 2.75) is 56.8 Å². The van der Waals surface area contributed by atoms with Crippen LogP contribution in [0.25, 0.3) is 0 Å². The van der Waals surface area contributed by atoms with E-state index >= 15 is 0 Å². The maximum Gasteiger partial charge on any atom is 0.308 e. The highest BCUT2D eigenvalue weighted by Gasteiger charge is 2.56. The average molecular weight is 196 g/mol. The monoisotopic (exact) mass is 196 g/mol. The molecule has 3 aliphatic rings. The summed E-state index contributed by atoms with van der Waals surface area (Å²) in [6.45, 7) is 1.93. The van der Waals surface area contributed by atoms with Gasteiger partial charge in [0.2, 0.25) is 5.79 Å². The van der Waals surface area contributed by atoms with Crippen LogP contribution in [-0.2, 0) is 14.3 Å². The number of carbonyl (C=O) groups is 1. The molecule has 3 nitrogen and oxygen atoms in total. The Bertz CT molecular complexity index is 282. The van der Waals surface area contributed by atoms with Gasteiger partial charge in [0.15, 0.2) is 0 Å². The number of rotatable bonds is 0. The maximum atomic E-state index is 11.2. The number of hydrogen-bond acceptors (Lipinski definition) is 3. The van der Waals surface area contributed by atoms with Crippen LogP contribution < -0.4 is 0 Å². The Morgan fingerprint density at radius 1 is 1.36 bits per heavy atom. The van der Waals surface area contributed by atoms with Crippen molar-refractivity contribution in [3.05, 3.63) is 0 Å². The van der Waals surface area contributed by atoms with Gasteiger partial charge in [-0.05, 0) is 32.1 Å². The van der Waals surface area contributed by atoms with Crippen LogP contribution in [0, 0.1) is 5.92 Å². The Balaban J connectivity index is 1.83. The van der Waals surface area contributed by atoms with Crippen LogP contribution in [0.3, 0.4) is 0 Å². The normalized spacial score (nSPS) is 44.4. The van der Waals surface area contributed by atoms with Crippen LogP contribution >= 0.6 is 0 Å². The quantitative estimate of drug-likeness (QED) is 0.556. The number of ether oxygens (including phenoxy) is 2. The minimum Gasteiger partial charge on any atom is -0.433 e. The Hall–Kier alpha value is -0.570. The maximum absolute atomic E-state index is 11.2. The fourth-order valence-electron chi connectivity index (χ4n) is 3.05. The molecule has 0 aromatic carbocycles. The third kappa shape index (κ3) is 1.05. The SMILES string of the molecule is C[C@]12OC(=O)C[C@H]1CCC1(CCC1)O2. The molecule has 3 rings (SSSR count). The van der Waals surface area contributed by atoms with Crippen molar-refractivity contribution in [1.29, 1.82) is 0 Å². The lowest BCUT2D eigenvalue weighted by atomic mass is 9.72. The van der Waals surface area contributed by atoms with Crippen LogP contribution in [0.15, 0.2) is 0 Å². The van der Waals surface area contributed by atoms with Gasteiger partial charge in [0, 0.05) is 12.8 Å². The van der Waals surface area contributed by atoms with E-state index in [2.05, 4.69) is 0 Å². The van der Waals surface area contributed by atoms with E-state index < -0.39 is 5.79 Å². The molecule has 0 radical (unpaired) electrons. The lowest BCUT2D eigenvalue weighted by molar-refractivity contribution is -0.310. The fraction of sp³-hybridized carbons (Fsp3) is 0.909. The molecule has 1 spiro atoms. The molecule has 2 aliphatic heterocycles. The van der Waals surface area contributed by atoms with E-state index in [0.717, 1.165) is 25.7 Å². The number of carbonyl (C=O) groups excluding carboxylic acids is 1. The highest BCUT2D eigenvalue weighted by atomic mass is 16.7. The summed E-state index contributed by atoms with van der Waals surface area (Å²) in [5.74, 6) is -0.398. The summed E-state index contributed by atoms with van der Waals surface area (Å²) in [4.78, 5) is 11.2. The van der Waals surface area contributed by atoms with Crippen LogP contribution in [0.1, 0.15) is 45.4 Å². The van der Waals surface area contributed by atoms with Gasteiger partial charge < -0.3 is 9.47 Å². The average Bonchev–Trinajstić information content (AvgIpc) is 2.34. The fourth-order valence-corrected chi connectivity index (χ4v) is 3.05. The van der Waals surface area contributed by atoms with Crippen molar-refractivity contribution in [1.82, 2.24) is 0 Å². The zero-order valence-electron chi connectivity index (χ0n) is 8.54. The van der Waals surface area contributed by atoms with Gasteiger partial charge in [0.25, 0.3) is 0 Å². The highest BCUT2D eigenvalue weighted by Crippen LogP contribution is 2.52. The molecule has 1 aliphatic carbocycles. The largest absolute Gasteiger partial charge is 0.433 e. The molecule has 2 heterocycles. The molecule has 78 valence electrons. The number of esters is 1. The van der Waals surface area contributed by atoms with Gasteiger partial charge in [-0.2, -0.15) is 0 Å². The predicted molar refractivity (Wildman–Crippen MR) is 49.5 cm³/mol. The molecule has 0 bridgehead atoms. The molecule has 14 heavy (non-hydrogen) atoms. The molecular formula is C11H16O3. The molecule has 2 saturated heterocycles. The van der Waals surface area contributed by atoms with Crippen molar-refractivity contribution in [3.8, 4) is 0 Å². The van der Waals surface area contributed by atoms with Crippen LogP contribution in [-0.4, -0.2) is 17.4 Å². The molecule has 0 unspecified atom stereocenters. The first-order valence-electron chi connectivity index (χ1n) is 5.54. The van der Waals surface area contributed by atoms with E-state index in [-0.39, 0.29) is 11.6 Å². The lowest BCUT2D eigenvalue weighted by Gasteiger charge is -2.51. The molecule has 0 aromatic heterocycles. The summed E-state index contributed by atoms with van der Waals surface area (Å²) >= 11 is 0. The zero-order valence-corrected chi connectivity index (χ0v) is 8.54. The Labute approximate surface area is 83.8 Å². The molecule has 1 saturated carbocycles. The molecular weight excluding hydrogens is 180 g/mol. The van der Waals surface area contributed by atoms with Gasteiger partial charge in [-0.15, -0.1) is 0 Å². The van der Waals surface area contributed by atoms with E-state index in [1.807, 2.05) is 6.92 Å². The minimum atomic E-state index is -0.601. The van der Waals surface area contributed by atoms with Gasteiger partial charge in [-0.3, -0.25) is 4.79 Å². The predicted octanol–water partition coefficient (Wildman–Crippen LogP) is 2.00. The van der Waals surface area contributed by atoms with Gasteiger partial charge in [-0.1, -0.05) is 0 Å². The smallest absolute Gasteiger partial charge is 0.308 e. The molecule has 3 heteroatoms. The minimum absolute atomic E-state index is 0.0653. The second-order valence-electron chi connectivity index (χ2n) is 5.07. The second kappa shape index (κ2) is 2.51. The van der Waals surface area contributed by atoms with Gasteiger partial charge >= 0.3 is 5.97 Å². The topological polar surface area (TPSA) is 35.5 Å². The van der Waals surface area contributed by atoms with Crippen molar-refractivity contribution in [2.24, 2.45) is 5.92 Å². The summed E-state index contributed by atoms with van der Waals surface area (Å²) in [5.41, 5.74) is 0.0653. The summed E-state index contributed by atoms with van der Waals surface area (Å²) < 4.78 is 11.4. The third-order valence-corrected chi connectivity index (χ3v) is 4.10. The highest BCUT2D eigenvalue weighted by molar-refractivity contribution is 5.72. The molecule has 2 atom stereocenters. The van der Waals surface area contributed by atoms with Gasteiger partial charge in [0.05, 0.1) is 12.0 Å². The summed E-state index contributed by atoms with van der Waals surface area (Å²) in [5, 5.41) is 0. The number of fused-ring (bicyclic) bond motifs is 1. The van der Waals surface area contributed by atoms with Crippen LogP contribution in [0.4, 0.5) is 0 Å². The Kier molecular flexibility index (Phi) is 1.56. The van der Waals surface area contributed by atoms with E-state index in [0.29, 0.717) is 12.3 Å². The molecule has 3 fully saturated rings. The summed E-state index contributed by atoms with van der Waals surface area (Å²) in [6.07, 6.45) is 6.30. The van der Waals surface area contributed by atoms with Crippen LogP contribution in [0.5, 0.6) is 0 Å². The second-order valence-corrected chi connectivity index (χ2v) is 5.07. The Morgan fingerprint density at radius 3 is 2.79 bits per heavy atom. The Morgan fingerprint density at radius 2 is 2.14 bits per heavy atom. The first-order valence-corrected chi connectivity index (χ1v) is 5.54. The van der Waals surface area contributed by atoms with Crippen molar-refractivity contribution >= 4 is 5.97 Å². The lowest BCUT2D eigenvalue weighted by Crippen LogP contribution is -2.54. The molecule has 0 amide bonds. The van der Waals surface area contributed by atoms with E-state index in [1.54, 1.807) is 0 Å². The van der Waals surface area contributed by atoms with E-state index in [4.69, 9.17) is 9.47 Å². The molecule has 0 N–H and O–H groups in total. The summed E-state index contributed by atoms with van der Waals surface area (Å²) in [7, 11) is 0. The standard InChI is InChI=1S/C11H16O3/c1-10-8(7-9(12)13-10)3-6-11(14-10)4-2-5-11/h8H,2-7H2,1H3/t8-,10-/m1/s1. The van der Waals surface area contributed by atoms with Crippen LogP contribution in [0.2, 0.25) is 0 Å². The zero-order chi connectivity index (χ0) is 9.81. The van der Waals surface area contributed by atoms with Gasteiger partial charge in [-0.25, -0.2) is 0 Å². The first-order chi connectivity index (χ1) is 6.62. The molecule has 0 aromatic rings. The van der Waals surface area contributed by atoms with Crippen molar-refractivity contribution in [2.75, 3.05) is 0 Å². The van der Waals surface area contributed by atoms with E-state index in [9.17, 15) is 4.79 Å². The first kappa shape index (κ1) is 8.72. The summed E-state index contributed by atoms with van der Waals surface area (Å²) in [6, 6.07) is 0. The number of hydrogen-bond donors (Lipinski definition) is 0.